The molecule has 17 nitrogen and oxygen atoms in total. The van der Waals surface area contributed by atoms with E-state index in [1.54, 1.807) is 25.3 Å². The van der Waals surface area contributed by atoms with Gasteiger partial charge in [-0.2, -0.15) is 0 Å². The van der Waals surface area contributed by atoms with Crippen LogP contribution in [0.4, 0.5) is 0 Å². The Labute approximate surface area is 227 Å². The third-order valence-corrected chi connectivity index (χ3v) is 6.15. The number of nitrogens with zero attached hydrogens (tertiary/aromatic N) is 7. The molecule has 1 heterocycles. The minimum absolute atomic E-state index is 0.0224. The van der Waals surface area contributed by atoms with Crippen LogP contribution in [0.15, 0.2) is 5.11 Å². The van der Waals surface area contributed by atoms with E-state index in [4.69, 9.17) is 6.94 Å². The van der Waals surface area contributed by atoms with Gasteiger partial charge in [-0.05, 0) is 18.4 Å². The number of carbonyl (C=O) groups excluding carboxylic acids is 2. The van der Waals surface area contributed by atoms with Gasteiger partial charge in [0, 0.05) is 76.8 Å². The Balaban J connectivity index is 3.03. The summed E-state index contributed by atoms with van der Waals surface area (Å²) >= 11 is 0. The van der Waals surface area contributed by atoms with Crippen molar-refractivity contribution >= 4 is 29.7 Å². The molecule has 0 aliphatic carbocycles. The predicted molar refractivity (Wildman–Crippen MR) is 138 cm³/mol. The van der Waals surface area contributed by atoms with Crippen molar-refractivity contribution in [3.63, 3.8) is 0 Å². The summed E-state index contributed by atoms with van der Waals surface area (Å²) in [6.45, 7) is 1.41. The highest BCUT2D eigenvalue weighted by Crippen LogP contribution is 2.10. The van der Waals surface area contributed by atoms with Crippen LogP contribution in [-0.2, 0) is 24.0 Å². The molecule has 1 saturated heterocycles. The molecule has 17 heteroatoms. The molecule has 1 atom stereocenters. The molecular weight excluding hydrogens is 518 g/mol. The largest absolute Gasteiger partial charge is 0.480 e. The number of hydrogen-bond acceptors (Lipinski definition) is 10. The summed E-state index contributed by atoms with van der Waals surface area (Å²) in [5.74, 6) is -4.23. The summed E-state index contributed by atoms with van der Waals surface area (Å²) in [6, 6.07) is -1.08. The van der Waals surface area contributed by atoms with E-state index in [2.05, 4.69) is 15.3 Å². The third-order valence-electron chi connectivity index (χ3n) is 6.15. The summed E-state index contributed by atoms with van der Waals surface area (Å²) in [5.41, 5.74) is 10.1. The van der Waals surface area contributed by atoms with E-state index < -0.39 is 29.9 Å². The summed E-state index contributed by atoms with van der Waals surface area (Å²) in [6.07, 6.45) is 0.333. The van der Waals surface area contributed by atoms with Gasteiger partial charge in [0.1, 0.15) is 6.04 Å². The molecule has 1 aliphatic heterocycles. The van der Waals surface area contributed by atoms with E-state index in [0.29, 0.717) is 6.42 Å². The number of primary amides is 1. The van der Waals surface area contributed by atoms with E-state index in [0.717, 1.165) is 0 Å². The number of carbonyl (C=O) groups is 5. The zero-order valence-electron chi connectivity index (χ0n) is 22.9. The van der Waals surface area contributed by atoms with Gasteiger partial charge in [-0.3, -0.25) is 43.6 Å². The maximum absolute atomic E-state index is 12.3. The van der Waals surface area contributed by atoms with Gasteiger partial charge in [0.25, 0.3) is 0 Å². The van der Waals surface area contributed by atoms with Crippen molar-refractivity contribution < 1.29 is 40.7 Å². The molecule has 0 spiro atoms. The SMILES string of the molecule is [3H]NC(=O)CN1CCN(CC(=O)O)CCN(C(CCC(=O)NCCCN=[N+]=[N-])C(=O)O)CCN(CC(=O)O)CC1. The van der Waals surface area contributed by atoms with Crippen molar-refractivity contribution in [2.24, 2.45) is 10.8 Å². The third kappa shape index (κ3) is 15.5. The Morgan fingerprint density at radius 1 is 0.897 bits per heavy atom. The number of nitrogens with one attached hydrogen (secondary N) is 1. The Bertz CT molecular complexity index is 874. The predicted octanol–water partition coefficient (Wildman–Crippen LogP) is -2.09. The van der Waals surface area contributed by atoms with Gasteiger partial charge in [-0.25, -0.2) is 0 Å². The Kier molecular flexibility index (Phi) is 15.2. The number of carboxylic acid groups (broad SMARTS) is 3. The molecule has 0 aromatic rings. The quantitative estimate of drug-likeness (QED) is 0.0627. The molecule has 1 aliphatic rings. The zero-order valence-corrected chi connectivity index (χ0v) is 21.9. The minimum atomic E-state index is -1.16. The van der Waals surface area contributed by atoms with Crippen molar-refractivity contribution in [1.29, 1.82) is 0 Å². The maximum Gasteiger partial charge on any atom is 0.320 e. The molecule has 39 heavy (non-hydrogen) atoms. The minimum Gasteiger partial charge on any atom is -0.480 e. The fourth-order valence-corrected chi connectivity index (χ4v) is 4.17. The first kappa shape index (κ1) is 31.7. The summed E-state index contributed by atoms with van der Waals surface area (Å²) in [7, 11) is 0. The van der Waals surface area contributed by atoms with Crippen LogP contribution in [0.5, 0.6) is 0 Å². The number of carboxylic acids is 3. The van der Waals surface area contributed by atoms with E-state index in [9.17, 15) is 39.3 Å². The Hall–Kier alpha value is -3.50. The van der Waals surface area contributed by atoms with Crippen LogP contribution >= 0.6 is 0 Å². The van der Waals surface area contributed by atoms with Crippen LogP contribution in [0.25, 0.3) is 10.4 Å². The first-order chi connectivity index (χ1) is 19.0. The maximum atomic E-state index is 12.3. The van der Waals surface area contributed by atoms with Gasteiger partial charge in [0.15, 0.2) is 1.41 Å². The second-order valence-corrected chi connectivity index (χ2v) is 9.13. The van der Waals surface area contributed by atoms with Gasteiger partial charge in [-0.15, -0.1) is 0 Å². The molecule has 1 unspecified atom stereocenters. The van der Waals surface area contributed by atoms with Crippen LogP contribution in [0.3, 0.4) is 0 Å². The molecule has 0 bridgehead atoms. The monoisotopic (exact) mass is 559 g/mol. The first-order valence-electron chi connectivity index (χ1n) is 13.1. The van der Waals surface area contributed by atoms with Crippen molar-refractivity contribution in [3.05, 3.63) is 10.4 Å². The van der Waals surface area contributed by atoms with Crippen LogP contribution in [-0.4, -0.2) is 156 Å². The standard InChI is InChI=1S/C22H39N9O8/c23-18(32)14-28-6-8-29(15-20(34)35)10-12-31(13-11-30(9-7-28)16-21(36)37)17(22(38)39)2-3-19(33)25-4-1-5-26-27-24/h17H,1-16H2,(H2,23,32)(H,25,33)(H,34,35)(H,36,37)(H,38,39)/i/hT. The highest BCUT2D eigenvalue weighted by atomic mass is 16.4. The molecule has 6 N–H and O–H groups in total. The van der Waals surface area contributed by atoms with Crippen LogP contribution in [0.1, 0.15) is 19.3 Å². The first-order valence-corrected chi connectivity index (χ1v) is 12.6. The van der Waals surface area contributed by atoms with Crippen molar-refractivity contribution in [1.82, 2.24) is 24.9 Å². The molecule has 1 rings (SSSR count). The van der Waals surface area contributed by atoms with E-state index in [-0.39, 0.29) is 104 Å². The number of amides is 2. The van der Waals surface area contributed by atoms with E-state index >= 15 is 0 Å². The van der Waals surface area contributed by atoms with Gasteiger partial charge >= 0.3 is 17.9 Å². The van der Waals surface area contributed by atoms with Gasteiger partial charge in [0.05, 0.1) is 19.6 Å². The highest BCUT2D eigenvalue weighted by Gasteiger charge is 2.28. The van der Waals surface area contributed by atoms with Crippen molar-refractivity contribution in [2.75, 3.05) is 85.1 Å². The normalized spacial score (nSPS) is 17.9. The number of nitrogens with two attached hydrogens (primary N) is 1. The lowest BCUT2D eigenvalue weighted by Crippen LogP contribution is -2.52. The smallest absolute Gasteiger partial charge is 0.320 e. The molecule has 0 radical (unpaired) electrons. The molecule has 1 fully saturated rings. The molecule has 2 amide bonds. The Morgan fingerprint density at radius 2 is 1.41 bits per heavy atom. The van der Waals surface area contributed by atoms with Crippen molar-refractivity contribution in [2.45, 2.75) is 25.3 Å². The lowest BCUT2D eigenvalue weighted by Gasteiger charge is -2.35. The number of azide groups is 1. The van der Waals surface area contributed by atoms with Crippen LogP contribution in [0.2, 0.25) is 1.41 Å². The van der Waals surface area contributed by atoms with Gasteiger partial charge in [-0.1, -0.05) is 5.11 Å². The number of hydrogen-bond donors (Lipinski definition) is 5. The van der Waals surface area contributed by atoms with Gasteiger partial charge < -0.3 is 26.4 Å². The second kappa shape index (κ2) is 18.7. The van der Waals surface area contributed by atoms with Crippen LogP contribution in [0, 0.1) is 0 Å². The van der Waals surface area contributed by atoms with E-state index in [1.807, 2.05) is 0 Å². The fraction of sp³-hybridized carbons (Fsp3) is 0.773. The number of aliphatic carboxylic acids is 3. The number of rotatable bonds is 15. The summed E-state index contributed by atoms with van der Waals surface area (Å²) < 4.78 is 7.05. The molecule has 0 aromatic heterocycles. The van der Waals surface area contributed by atoms with Gasteiger partial charge in [0.2, 0.25) is 11.8 Å². The average molecular weight is 560 g/mol. The summed E-state index contributed by atoms with van der Waals surface area (Å²) in [5, 5.41) is 34.7. The molecule has 0 aromatic carbocycles. The lowest BCUT2D eigenvalue weighted by atomic mass is 10.1. The molecular formula is C22H39N9O8. The lowest BCUT2D eigenvalue weighted by molar-refractivity contribution is -0.145. The van der Waals surface area contributed by atoms with Crippen LogP contribution < -0.4 is 11.0 Å². The summed E-state index contributed by atoms with van der Waals surface area (Å²) in [4.78, 5) is 68.4. The topological polar surface area (TPSA) is 246 Å². The van der Waals surface area contributed by atoms with E-state index in [1.165, 1.54) is 0 Å². The zero-order chi connectivity index (χ0) is 29.9. The average Bonchev–Trinajstić information content (AvgIpc) is 2.88. The van der Waals surface area contributed by atoms with Crippen molar-refractivity contribution in [3.8, 4) is 0 Å². The Morgan fingerprint density at radius 3 is 1.87 bits per heavy atom. The molecule has 0 saturated carbocycles. The fourth-order valence-electron chi connectivity index (χ4n) is 4.17. The molecule has 220 valence electrons. The highest BCUT2D eigenvalue weighted by molar-refractivity contribution is 5.78. The second-order valence-electron chi connectivity index (χ2n) is 9.13.